The number of carbonyl (C=O) groups is 2. The highest BCUT2D eigenvalue weighted by atomic mass is 19.4. The van der Waals surface area contributed by atoms with Crippen LogP contribution >= 0.6 is 0 Å². The van der Waals surface area contributed by atoms with Crippen molar-refractivity contribution >= 4 is 22.7 Å². The fourth-order valence-electron chi connectivity index (χ4n) is 3.51. The number of halogens is 3. The molecule has 32 heavy (non-hydrogen) atoms. The Morgan fingerprint density at radius 3 is 2.62 bits per heavy atom. The Kier molecular flexibility index (Phi) is 5.56. The number of Topliss-reactive ketones (excluding diaryl/α,β-unsaturated/α-hetero) is 1. The highest BCUT2D eigenvalue weighted by molar-refractivity contribution is 6.09. The number of aromatic nitrogens is 3. The van der Waals surface area contributed by atoms with Gasteiger partial charge in [-0.15, -0.1) is 0 Å². The van der Waals surface area contributed by atoms with E-state index in [-0.39, 0.29) is 11.4 Å². The lowest BCUT2D eigenvalue weighted by Crippen LogP contribution is -2.15. The maximum atomic E-state index is 13.2. The molecule has 0 radical (unpaired) electrons. The van der Waals surface area contributed by atoms with Crippen molar-refractivity contribution in [2.75, 3.05) is 6.61 Å². The van der Waals surface area contributed by atoms with Gasteiger partial charge in [0, 0.05) is 28.9 Å². The van der Waals surface area contributed by atoms with Crippen LogP contribution in [-0.4, -0.2) is 33.1 Å². The standard InChI is InChI=1S/C23H18F3N3O3/c1-2-14-6-5-7-15-16(12-27-21(14)15)20(30)13-32-22(31)18-10-11-29(28-18)19-9-4-3-8-17(19)23(24,25)26/h3-12,27H,2,13H2,1H3. The molecule has 0 unspecified atom stereocenters. The summed E-state index contributed by atoms with van der Waals surface area (Å²) in [7, 11) is 0. The number of rotatable bonds is 6. The Balaban J connectivity index is 1.49. The van der Waals surface area contributed by atoms with Crippen LogP contribution in [0, 0.1) is 0 Å². The first-order valence-electron chi connectivity index (χ1n) is 9.81. The van der Waals surface area contributed by atoms with Crippen molar-refractivity contribution in [3.8, 4) is 5.69 Å². The van der Waals surface area contributed by atoms with Crippen molar-refractivity contribution in [3.05, 3.63) is 83.3 Å². The van der Waals surface area contributed by atoms with E-state index in [0.717, 1.165) is 33.6 Å². The molecule has 6 nitrogen and oxygen atoms in total. The Morgan fingerprint density at radius 1 is 1.09 bits per heavy atom. The molecule has 2 aromatic heterocycles. The van der Waals surface area contributed by atoms with E-state index in [0.29, 0.717) is 5.56 Å². The molecule has 0 bridgehead atoms. The maximum absolute atomic E-state index is 13.2. The molecule has 164 valence electrons. The Hall–Kier alpha value is -3.88. The first-order chi connectivity index (χ1) is 15.3. The molecule has 0 saturated carbocycles. The van der Waals surface area contributed by atoms with Crippen LogP contribution in [0.1, 0.15) is 38.9 Å². The molecule has 2 aromatic carbocycles. The van der Waals surface area contributed by atoms with Gasteiger partial charge in [-0.2, -0.15) is 18.3 Å². The summed E-state index contributed by atoms with van der Waals surface area (Å²) < 4.78 is 45.7. The molecule has 9 heteroatoms. The van der Waals surface area contributed by atoms with E-state index < -0.39 is 30.1 Å². The van der Waals surface area contributed by atoms with Crippen LogP contribution in [0.15, 0.2) is 60.9 Å². The molecule has 0 fully saturated rings. The van der Waals surface area contributed by atoms with Crippen LogP contribution in [0.2, 0.25) is 0 Å². The SMILES string of the molecule is CCc1cccc2c(C(=O)COC(=O)c3ccn(-c4ccccc4C(F)(F)F)n3)c[nH]c12. The number of nitrogens with one attached hydrogen (secondary N) is 1. The number of carbonyl (C=O) groups excluding carboxylic acids is 2. The van der Waals surface area contributed by atoms with E-state index in [1.807, 2.05) is 19.1 Å². The number of aromatic amines is 1. The van der Waals surface area contributed by atoms with Crippen molar-refractivity contribution in [1.82, 2.24) is 14.8 Å². The molecular formula is C23H18F3N3O3. The lowest BCUT2D eigenvalue weighted by atomic mass is 10.1. The first kappa shape index (κ1) is 21.4. The predicted octanol–water partition coefficient (Wildman–Crippen LogP) is 4.97. The molecule has 4 aromatic rings. The molecule has 2 heterocycles. The highest BCUT2D eigenvalue weighted by Crippen LogP contribution is 2.33. The number of hydrogen-bond acceptors (Lipinski definition) is 4. The van der Waals surface area contributed by atoms with Gasteiger partial charge in [0.2, 0.25) is 5.78 Å². The summed E-state index contributed by atoms with van der Waals surface area (Å²) in [5.74, 6) is -1.31. The van der Waals surface area contributed by atoms with Gasteiger partial charge in [0.15, 0.2) is 12.3 Å². The molecule has 0 spiro atoms. The van der Waals surface area contributed by atoms with Crippen molar-refractivity contribution in [1.29, 1.82) is 0 Å². The second-order valence-electron chi connectivity index (χ2n) is 7.06. The minimum atomic E-state index is -4.58. The minimum Gasteiger partial charge on any atom is -0.453 e. The molecule has 0 aliphatic rings. The van der Waals surface area contributed by atoms with E-state index in [1.54, 1.807) is 12.3 Å². The van der Waals surface area contributed by atoms with Gasteiger partial charge in [-0.3, -0.25) is 4.79 Å². The summed E-state index contributed by atoms with van der Waals surface area (Å²) in [4.78, 5) is 28.0. The second-order valence-corrected chi connectivity index (χ2v) is 7.06. The van der Waals surface area contributed by atoms with Gasteiger partial charge in [0.25, 0.3) is 0 Å². The topological polar surface area (TPSA) is 77.0 Å². The number of benzene rings is 2. The second kappa shape index (κ2) is 8.33. The van der Waals surface area contributed by atoms with Crippen LogP contribution in [0.5, 0.6) is 0 Å². The monoisotopic (exact) mass is 441 g/mol. The zero-order valence-electron chi connectivity index (χ0n) is 16.9. The Morgan fingerprint density at radius 2 is 1.88 bits per heavy atom. The number of para-hydroxylation sites is 2. The Bertz CT molecular complexity index is 1300. The van der Waals surface area contributed by atoms with E-state index in [2.05, 4.69) is 10.1 Å². The van der Waals surface area contributed by atoms with Gasteiger partial charge in [0.1, 0.15) is 0 Å². The third-order valence-corrected chi connectivity index (χ3v) is 5.07. The van der Waals surface area contributed by atoms with Crippen molar-refractivity contribution in [3.63, 3.8) is 0 Å². The third kappa shape index (κ3) is 4.01. The zero-order valence-corrected chi connectivity index (χ0v) is 16.9. The zero-order chi connectivity index (χ0) is 22.9. The van der Waals surface area contributed by atoms with Gasteiger partial charge in [-0.25, -0.2) is 9.48 Å². The summed E-state index contributed by atoms with van der Waals surface area (Å²) in [5.41, 5.74) is 0.995. The number of nitrogens with zero attached hydrogens (tertiary/aromatic N) is 2. The van der Waals surface area contributed by atoms with Gasteiger partial charge >= 0.3 is 12.1 Å². The predicted molar refractivity (Wildman–Crippen MR) is 111 cm³/mol. The number of esters is 1. The van der Waals surface area contributed by atoms with Crippen LogP contribution in [0.25, 0.3) is 16.6 Å². The maximum Gasteiger partial charge on any atom is 0.418 e. The number of ether oxygens (including phenoxy) is 1. The van der Waals surface area contributed by atoms with Crippen molar-refractivity contribution in [2.24, 2.45) is 0 Å². The molecular weight excluding hydrogens is 423 g/mol. The molecule has 0 amide bonds. The van der Waals surface area contributed by atoms with E-state index in [4.69, 9.17) is 4.74 Å². The van der Waals surface area contributed by atoms with E-state index >= 15 is 0 Å². The largest absolute Gasteiger partial charge is 0.453 e. The number of ketones is 1. The van der Waals surface area contributed by atoms with Crippen molar-refractivity contribution < 1.29 is 27.5 Å². The summed E-state index contributed by atoms with van der Waals surface area (Å²) >= 11 is 0. The molecule has 0 aliphatic carbocycles. The van der Waals surface area contributed by atoms with Gasteiger partial charge in [-0.1, -0.05) is 37.3 Å². The average molecular weight is 441 g/mol. The van der Waals surface area contributed by atoms with Crippen molar-refractivity contribution in [2.45, 2.75) is 19.5 Å². The summed E-state index contributed by atoms with van der Waals surface area (Å²) in [6.07, 6.45) is -0.981. The minimum absolute atomic E-state index is 0.207. The summed E-state index contributed by atoms with van der Waals surface area (Å²) in [6.45, 7) is 1.49. The molecule has 0 saturated heterocycles. The average Bonchev–Trinajstić information content (AvgIpc) is 3.44. The van der Waals surface area contributed by atoms with Crippen LogP contribution in [0.4, 0.5) is 13.2 Å². The quantitative estimate of drug-likeness (QED) is 0.338. The number of fused-ring (bicyclic) bond motifs is 1. The highest BCUT2D eigenvalue weighted by Gasteiger charge is 2.34. The first-order valence-corrected chi connectivity index (χ1v) is 9.81. The Labute approximate surface area is 180 Å². The number of alkyl halides is 3. The molecule has 1 N–H and O–H groups in total. The smallest absolute Gasteiger partial charge is 0.418 e. The normalized spacial score (nSPS) is 11.6. The van der Waals surface area contributed by atoms with Crippen LogP contribution in [0.3, 0.4) is 0 Å². The lowest BCUT2D eigenvalue weighted by molar-refractivity contribution is -0.137. The number of H-pyrrole nitrogens is 1. The van der Waals surface area contributed by atoms with E-state index in [1.165, 1.54) is 30.5 Å². The van der Waals surface area contributed by atoms with Gasteiger partial charge < -0.3 is 9.72 Å². The van der Waals surface area contributed by atoms with Crippen LogP contribution < -0.4 is 0 Å². The molecule has 0 atom stereocenters. The molecule has 0 aliphatic heterocycles. The number of hydrogen-bond donors (Lipinski definition) is 1. The van der Waals surface area contributed by atoms with E-state index in [9.17, 15) is 22.8 Å². The van der Waals surface area contributed by atoms with Gasteiger partial charge in [-0.05, 0) is 30.2 Å². The molecule has 4 rings (SSSR count). The number of aryl methyl sites for hydroxylation is 1. The van der Waals surface area contributed by atoms with Crippen LogP contribution in [-0.2, 0) is 17.3 Å². The third-order valence-electron chi connectivity index (χ3n) is 5.07. The lowest BCUT2D eigenvalue weighted by Gasteiger charge is -2.12. The fourth-order valence-corrected chi connectivity index (χ4v) is 3.51. The van der Waals surface area contributed by atoms with Gasteiger partial charge in [0.05, 0.1) is 11.3 Å². The summed E-state index contributed by atoms with van der Waals surface area (Å²) in [6, 6.07) is 11.7. The fraction of sp³-hybridized carbons (Fsp3) is 0.174. The summed E-state index contributed by atoms with van der Waals surface area (Å²) in [5, 5.41) is 4.63.